The van der Waals surface area contributed by atoms with Crippen molar-refractivity contribution in [1.29, 1.82) is 0 Å². The minimum Gasteiger partial charge on any atom is -0.370 e. The van der Waals surface area contributed by atoms with Gasteiger partial charge in [0.2, 0.25) is 5.91 Å². The van der Waals surface area contributed by atoms with Gasteiger partial charge in [0.05, 0.1) is 18.3 Å². The Balaban J connectivity index is 1.73. The molecule has 1 aliphatic rings. The van der Waals surface area contributed by atoms with Crippen LogP contribution < -0.4 is 11.1 Å². The van der Waals surface area contributed by atoms with Crippen LogP contribution in [0.4, 0.5) is 18.9 Å². The molecule has 2 aromatic rings. The van der Waals surface area contributed by atoms with E-state index in [1.165, 1.54) is 12.3 Å². The molecule has 0 radical (unpaired) electrons. The van der Waals surface area contributed by atoms with Gasteiger partial charge in [0.1, 0.15) is 0 Å². The van der Waals surface area contributed by atoms with Gasteiger partial charge in [-0.25, -0.2) is 0 Å². The Kier molecular flexibility index (Phi) is 6.40. The molecule has 2 heterocycles. The minimum atomic E-state index is -4.35. The summed E-state index contributed by atoms with van der Waals surface area (Å²) in [5.41, 5.74) is 7.93. The number of anilines is 1. The fourth-order valence-corrected chi connectivity index (χ4v) is 3.68. The van der Waals surface area contributed by atoms with Crippen LogP contribution in [0.3, 0.4) is 0 Å². The molecule has 6 nitrogen and oxygen atoms in total. The molecule has 0 unspecified atom stereocenters. The van der Waals surface area contributed by atoms with Crippen LogP contribution in [0.2, 0.25) is 0 Å². The highest BCUT2D eigenvalue weighted by Gasteiger charge is 2.28. The number of hydrogen-bond donors (Lipinski definition) is 2. The number of carbonyl (C=O) groups is 2. The third kappa shape index (κ3) is 5.79. The average Bonchev–Trinajstić information content (AvgIpc) is 2.65. The Morgan fingerprint density at radius 3 is 2.73 bits per heavy atom. The fraction of sp³-hybridized carbons (Fsp3) is 0.381. The molecule has 160 valence electrons. The zero-order chi connectivity index (χ0) is 21.9. The summed E-state index contributed by atoms with van der Waals surface area (Å²) in [6, 6.07) is 6.66. The number of nitrogens with zero attached hydrogens (tertiary/aromatic N) is 2. The molecule has 0 bridgehead atoms. The Labute approximate surface area is 172 Å². The van der Waals surface area contributed by atoms with Crippen molar-refractivity contribution in [3.8, 4) is 0 Å². The summed E-state index contributed by atoms with van der Waals surface area (Å²) in [5, 5.41) is 2.61. The van der Waals surface area contributed by atoms with Gasteiger partial charge in [-0.05, 0) is 40.8 Å². The van der Waals surface area contributed by atoms with Gasteiger partial charge in [0.15, 0.2) is 0 Å². The molecule has 0 saturated heterocycles. The number of fused-ring (bicyclic) bond motifs is 1. The molecule has 1 aromatic heterocycles. The van der Waals surface area contributed by atoms with E-state index in [4.69, 9.17) is 5.73 Å². The summed E-state index contributed by atoms with van der Waals surface area (Å²) < 4.78 is 37.7. The number of hydrogen-bond acceptors (Lipinski definition) is 4. The van der Waals surface area contributed by atoms with E-state index in [1.54, 1.807) is 12.1 Å². The molecule has 3 N–H and O–H groups in total. The molecule has 2 amide bonds. The Morgan fingerprint density at radius 1 is 1.27 bits per heavy atom. The Morgan fingerprint density at radius 2 is 2.03 bits per heavy atom. The maximum Gasteiger partial charge on any atom is 0.393 e. The number of alkyl halides is 3. The summed E-state index contributed by atoms with van der Waals surface area (Å²) in [6.45, 7) is 4.01. The second-order valence-corrected chi connectivity index (χ2v) is 7.59. The quantitative estimate of drug-likeness (QED) is 0.751. The first-order chi connectivity index (χ1) is 14.1. The van der Waals surface area contributed by atoms with E-state index < -0.39 is 18.5 Å². The first-order valence-corrected chi connectivity index (χ1v) is 9.56. The number of primary amides is 1. The smallest absolute Gasteiger partial charge is 0.370 e. The van der Waals surface area contributed by atoms with Crippen molar-refractivity contribution >= 4 is 17.5 Å². The van der Waals surface area contributed by atoms with Gasteiger partial charge in [0, 0.05) is 37.8 Å². The van der Waals surface area contributed by atoms with Crippen molar-refractivity contribution in [3.05, 3.63) is 58.9 Å². The van der Waals surface area contributed by atoms with Gasteiger partial charge in [-0.1, -0.05) is 13.0 Å². The molecule has 3 rings (SSSR count). The third-order valence-corrected chi connectivity index (χ3v) is 4.99. The Bertz CT molecular complexity index is 946. The van der Waals surface area contributed by atoms with Crippen LogP contribution in [0.25, 0.3) is 0 Å². The summed E-state index contributed by atoms with van der Waals surface area (Å²) in [5.74, 6) is -0.546. The van der Waals surface area contributed by atoms with Gasteiger partial charge in [-0.3, -0.25) is 19.5 Å². The maximum atomic E-state index is 12.6. The van der Waals surface area contributed by atoms with Crippen LogP contribution in [0, 0.1) is 0 Å². The zero-order valence-corrected chi connectivity index (χ0v) is 16.5. The lowest BCUT2D eigenvalue weighted by atomic mass is 9.89. The first kappa shape index (κ1) is 21.8. The number of nitrogens with one attached hydrogen (secondary N) is 1. The van der Waals surface area contributed by atoms with Crippen molar-refractivity contribution in [2.75, 3.05) is 18.4 Å². The summed E-state index contributed by atoms with van der Waals surface area (Å²) in [4.78, 5) is 29.6. The van der Waals surface area contributed by atoms with Crippen molar-refractivity contribution < 1.29 is 22.8 Å². The van der Waals surface area contributed by atoms with Crippen molar-refractivity contribution in [2.45, 2.75) is 38.4 Å². The van der Waals surface area contributed by atoms with Crippen LogP contribution in [-0.4, -0.2) is 41.0 Å². The SMILES string of the molecule is C[C@H]1CN(CCC(N)=O)Cc2cc(C(=O)Nc3cncc(CC(F)(F)F)c3)ccc21. The molecule has 9 heteroatoms. The van der Waals surface area contributed by atoms with E-state index in [2.05, 4.69) is 22.1 Å². The molecule has 1 aliphatic heterocycles. The number of pyridine rings is 1. The number of nitrogens with two attached hydrogens (primary N) is 1. The van der Waals surface area contributed by atoms with Gasteiger partial charge >= 0.3 is 6.18 Å². The summed E-state index contributed by atoms with van der Waals surface area (Å²) >= 11 is 0. The summed E-state index contributed by atoms with van der Waals surface area (Å²) in [7, 11) is 0. The van der Waals surface area contributed by atoms with Crippen LogP contribution in [0.15, 0.2) is 36.7 Å². The Hall–Kier alpha value is -2.94. The van der Waals surface area contributed by atoms with Gasteiger partial charge in [0.25, 0.3) is 5.91 Å². The number of rotatable bonds is 6. The number of benzene rings is 1. The minimum absolute atomic E-state index is 0.0235. The van der Waals surface area contributed by atoms with Gasteiger partial charge < -0.3 is 11.1 Å². The van der Waals surface area contributed by atoms with E-state index in [9.17, 15) is 22.8 Å². The lowest BCUT2D eigenvalue weighted by molar-refractivity contribution is -0.127. The average molecular weight is 420 g/mol. The molecule has 0 fully saturated rings. The van der Waals surface area contributed by atoms with Gasteiger partial charge in [-0.15, -0.1) is 0 Å². The molecule has 0 spiro atoms. The number of amides is 2. The normalized spacial score (nSPS) is 16.7. The highest BCUT2D eigenvalue weighted by Crippen LogP contribution is 2.29. The van der Waals surface area contributed by atoms with Crippen molar-refractivity contribution in [1.82, 2.24) is 9.88 Å². The van der Waals surface area contributed by atoms with Crippen molar-refractivity contribution in [3.63, 3.8) is 0 Å². The van der Waals surface area contributed by atoms with Crippen LogP contribution in [0.1, 0.15) is 46.3 Å². The van der Waals surface area contributed by atoms with Crippen LogP contribution >= 0.6 is 0 Å². The summed E-state index contributed by atoms with van der Waals surface area (Å²) in [6.07, 6.45) is -2.75. The van der Waals surface area contributed by atoms with E-state index in [0.29, 0.717) is 18.7 Å². The fourth-order valence-electron chi connectivity index (χ4n) is 3.68. The van der Waals surface area contributed by atoms with Crippen molar-refractivity contribution in [2.24, 2.45) is 5.73 Å². The van der Waals surface area contributed by atoms with E-state index in [1.807, 2.05) is 6.07 Å². The second kappa shape index (κ2) is 8.83. The predicted octanol–water partition coefficient (Wildman–Crippen LogP) is 3.23. The molecule has 1 aromatic carbocycles. The molecule has 0 aliphatic carbocycles. The lowest BCUT2D eigenvalue weighted by Crippen LogP contribution is -2.35. The maximum absolute atomic E-state index is 12.6. The second-order valence-electron chi connectivity index (χ2n) is 7.59. The van der Waals surface area contributed by atoms with Crippen LogP contribution in [0.5, 0.6) is 0 Å². The number of halogens is 3. The molecule has 0 saturated carbocycles. The third-order valence-electron chi connectivity index (χ3n) is 4.99. The standard InChI is InChI=1S/C21H23F3N4O2/c1-13-11-28(5-4-19(25)29)12-16-7-15(2-3-18(13)16)20(30)27-17-6-14(9-26-10-17)8-21(22,23)24/h2-3,6-7,9-10,13H,4-5,8,11-12H2,1H3,(H2,25,29)(H,27,30)/t13-/m0/s1. The molecular formula is C21H23F3N4O2. The van der Waals surface area contributed by atoms with E-state index in [0.717, 1.165) is 23.9 Å². The molecular weight excluding hydrogens is 397 g/mol. The molecule has 30 heavy (non-hydrogen) atoms. The zero-order valence-electron chi connectivity index (χ0n) is 16.5. The van der Waals surface area contributed by atoms with E-state index in [-0.39, 0.29) is 29.5 Å². The topological polar surface area (TPSA) is 88.3 Å². The highest BCUT2D eigenvalue weighted by molar-refractivity contribution is 6.04. The molecule has 1 atom stereocenters. The monoisotopic (exact) mass is 420 g/mol. The van der Waals surface area contributed by atoms with Crippen LogP contribution in [-0.2, 0) is 17.8 Å². The van der Waals surface area contributed by atoms with Gasteiger partial charge in [-0.2, -0.15) is 13.2 Å². The first-order valence-electron chi connectivity index (χ1n) is 9.56. The highest BCUT2D eigenvalue weighted by atomic mass is 19.4. The number of carbonyl (C=O) groups excluding carboxylic acids is 2. The lowest BCUT2D eigenvalue weighted by Gasteiger charge is -2.33. The predicted molar refractivity (Wildman–Crippen MR) is 106 cm³/mol. The largest absolute Gasteiger partial charge is 0.393 e. The van der Waals surface area contributed by atoms with E-state index >= 15 is 0 Å². The number of aromatic nitrogens is 1.